The van der Waals surface area contributed by atoms with Crippen LogP contribution in [0.2, 0.25) is 0 Å². The highest BCUT2D eigenvalue weighted by atomic mass is 16.6. The van der Waals surface area contributed by atoms with Crippen LogP contribution in [0.4, 0.5) is 11.4 Å². The highest BCUT2D eigenvalue weighted by Gasteiger charge is 2.19. The fourth-order valence-corrected chi connectivity index (χ4v) is 2.52. The van der Waals surface area contributed by atoms with Crippen molar-refractivity contribution >= 4 is 11.4 Å². The van der Waals surface area contributed by atoms with Gasteiger partial charge in [-0.1, -0.05) is 26.0 Å². The molecule has 0 fully saturated rings. The van der Waals surface area contributed by atoms with Gasteiger partial charge in [-0.05, 0) is 18.4 Å². The molecule has 0 atom stereocenters. The van der Waals surface area contributed by atoms with Crippen molar-refractivity contribution in [3.63, 3.8) is 0 Å². The Morgan fingerprint density at radius 1 is 1.38 bits per heavy atom. The van der Waals surface area contributed by atoms with Crippen LogP contribution in [0, 0.1) is 10.1 Å². The predicted octanol–water partition coefficient (Wildman–Crippen LogP) is 2.81. The van der Waals surface area contributed by atoms with Gasteiger partial charge in [0.05, 0.1) is 11.5 Å². The first-order valence-corrected chi connectivity index (χ1v) is 7.29. The van der Waals surface area contributed by atoms with Crippen LogP contribution in [0.3, 0.4) is 0 Å². The molecule has 21 heavy (non-hydrogen) atoms. The number of hydrogen-bond donors (Lipinski definition) is 1. The van der Waals surface area contributed by atoms with E-state index in [1.165, 1.54) is 6.07 Å². The Morgan fingerprint density at radius 2 is 2.05 bits per heavy atom. The van der Waals surface area contributed by atoms with E-state index in [0.29, 0.717) is 19.2 Å². The minimum Gasteiger partial charge on any atom is -0.393 e. The van der Waals surface area contributed by atoms with Crippen molar-refractivity contribution in [2.75, 3.05) is 26.0 Å². The Hall–Kier alpha value is -1.66. The Morgan fingerprint density at radius 3 is 2.57 bits per heavy atom. The molecule has 0 saturated heterocycles. The second-order valence-electron chi connectivity index (χ2n) is 5.04. The lowest BCUT2D eigenvalue weighted by Crippen LogP contribution is -2.36. The second kappa shape index (κ2) is 8.59. The Balaban J connectivity index is 2.97. The van der Waals surface area contributed by atoms with E-state index in [4.69, 9.17) is 10.5 Å². The van der Waals surface area contributed by atoms with E-state index in [-0.39, 0.29) is 11.4 Å². The van der Waals surface area contributed by atoms with Crippen LogP contribution in [0.1, 0.15) is 32.3 Å². The molecule has 6 heteroatoms. The lowest BCUT2D eigenvalue weighted by atomic mass is 10.1. The molecule has 0 unspecified atom stereocenters. The third-order valence-electron chi connectivity index (χ3n) is 3.79. The first-order chi connectivity index (χ1) is 10.0. The minimum absolute atomic E-state index is 0.0243. The van der Waals surface area contributed by atoms with Crippen molar-refractivity contribution in [2.24, 2.45) is 0 Å². The van der Waals surface area contributed by atoms with E-state index in [1.54, 1.807) is 13.2 Å². The molecule has 0 aliphatic carbocycles. The third-order valence-corrected chi connectivity index (χ3v) is 3.79. The number of nitro groups is 1. The standard InChI is InChI=1S/C15H25N3O3/c1-4-13(5-2)17(9-10-21-3)11-12-7-6-8-14(15(12)16)18(19)20/h6-8,13H,4-5,9-11,16H2,1-3H3. The molecule has 0 amide bonds. The third kappa shape index (κ3) is 4.68. The number of nitrogens with two attached hydrogens (primary N) is 1. The lowest BCUT2D eigenvalue weighted by Gasteiger charge is -2.30. The highest BCUT2D eigenvalue weighted by Crippen LogP contribution is 2.26. The minimum atomic E-state index is -0.435. The van der Waals surface area contributed by atoms with Gasteiger partial charge in [0.2, 0.25) is 0 Å². The average Bonchev–Trinajstić information content (AvgIpc) is 2.47. The molecule has 0 bridgehead atoms. The quantitative estimate of drug-likeness (QED) is 0.430. The molecule has 1 aromatic rings. The number of hydrogen-bond acceptors (Lipinski definition) is 5. The summed E-state index contributed by atoms with van der Waals surface area (Å²) in [7, 11) is 1.67. The van der Waals surface area contributed by atoms with Crippen LogP contribution in [-0.2, 0) is 11.3 Å². The number of methoxy groups -OCH3 is 1. The smallest absolute Gasteiger partial charge is 0.292 e. The van der Waals surface area contributed by atoms with Crippen LogP contribution >= 0.6 is 0 Å². The summed E-state index contributed by atoms with van der Waals surface area (Å²) in [6.45, 7) is 6.30. The van der Waals surface area contributed by atoms with Gasteiger partial charge in [0.25, 0.3) is 5.69 Å². The number of nitro benzene ring substituents is 1. The number of anilines is 1. The summed E-state index contributed by atoms with van der Waals surface area (Å²) in [5, 5.41) is 11.0. The van der Waals surface area contributed by atoms with E-state index >= 15 is 0 Å². The molecular weight excluding hydrogens is 270 g/mol. The monoisotopic (exact) mass is 295 g/mol. The molecule has 0 aliphatic rings. The van der Waals surface area contributed by atoms with Gasteiger partial charge < -0.3 is 10.5 Å². The van der Waals surface area contributed by atoms with Crippen LogP contribution < -0.4 is 5.73 Å². The number of rotatable bonds is 9. The predicted molar refractivity (Wildman–Crippen MR) is 84.2 cm³/mol. The van der Waals surface area contributed by atoms with Crippen LogP contribution in [0.25, 0.3) is 0 Å². The number of ether oxygens (including phenoxy) is 1. The molecule has 0 heterocycles. The lowest BCUT2D eigenvalue weighted by molar-refractivity contribution is -0.384. The van der Waals surface area contributed by atoms with Crippen molar-refractivity contribution in [3.8, 4) is 0 Å². The SMILES string of the molecule is CCC(CC)N(CCOC)Cc1cccc([N+](=O)[O-])c1N. The van der Waals surface area contributed by atoms with Crippen molar-refractivity contribution in [2.45, 2.75) is 39.3 Å². The fraction of sp³-hybridized carbons (Fsp3) is 0.600. The molecule has 0 aromatic heterocycles. The van der Waals surface area contributed by atoms with Crippen LogP contribution in [0.15, 0.2) is 18.2 Å². The summed E-state index contributed by atoms with van der Waals surface area (Å²) >= 11 is 0. The number of benzene rings is 1. The van der Waals surface area contributed by atoms with Crippen molar-refractivity contribution in [1.29, 1.82) is 0 Å². The van der Waals surface area contributed by atoms with Crippen LogP contribution in [-0.4, -0.2) is 36.1 Å². The summed E-state index contributed by atoms with van der Waals surface area (Å²) in [6, 6.07) is 5.39. The second-order valence-corrected chi connectivity index (χ2v) is 5.04. The molecule has 0 radical (unpaired) electrons. The topological polar surface area (TPSA) is 81.6 Å². The number of nitrogens with zero attached hydrogens (tertiary/aromatic N) is 2. The van der Waals surface area contributed by atoms with Gasteiger partial charge in [-0.2, -0.15) is 0 Å². The normalized spacial score (nSPS) is 11.3. The maximum atomic E-state index is 11.0. The zero-order chi connectivity index (χ0) is 15.8. The van der Waals surface area contributed by atoms with Gasteiger partial charge in [-0.25, -0.2) is 0 Å². The Kier molecular flexibility index (Phi) is 7.11. The van der Waals surface area contributed by atoms with Gasteiger partial charge in [-0.15, -0.1) is 0 Å². The van der Waals surface area contributed by atoms with Gasteiger partial charge in [0.15, 0.2) is 0 Å². The van der Waals surface area contributed by atoms with Crippen molar-refractivity contribution in [1.82, 2.24) is 4.90 Å². The Labute approximate surface area is 126 Å². The largest absolute Gasteiger partial charge is 0.393 e. The van der Waals surface area contributed by atoms with E-state index in [0.717, 1.165) is 24.9 Å². The van der Waals surface area contributed by atoms with E-state index in [2.05, 4.69) is 18.7 Å². The maximum Gasteiger partial charge on any atom is 0.292 e. The molecule has 6 nitrogen and oxygen atoms in total. The average molecular weight is 295 g/mol. The van der Waals surface area contributed by atoms with E-state index in [9.17, 15) is 10.1 Å². The molecule has 1 rings (SSSR count). The summed E-state index contributed by atoms with van der Waals surface area (Å²) in [5.74, 6) is 0. The fourth-order valence-electron chi connectivity index (χ4n) is 2.52. The van der Waals surface area contributed by atoms with Gasteiger partial charge in [0.1, 0.15) is 5.69 Å². The molecule has 1 aromatic carbocycles. The van der Waals surface area contributed by atoms with Gasteiger partial charge in [0, 0.05) is 32.3 Å². The molecule has 2 N–H and O–H groups in total. The number of nitrogen functional groups attached to an aromatic ring is 1. The number of para-hydroxylation sites is 1. The highest BCUT2D eigenvalue weighted by molar-refractivity contribution is 5.62. The summed E-state index contributed by atoms with van der Waals surface area (Å²) in [6.07, 6.45) is 2.05. The first-order valence-electron chi connectivity index (χ1n) is 7.29. The van der Waals surface area contributed by atoms with Gasteiger partial charge in [-0.3, -0.25) is 15.0 Å². The maximum absolute atomic E-state index is 11.0. The first kappa shape index (κ1) is 17.4. The van der Waals surface area contributed by atoms with E-state index in [1.807, 2.05) is 6.07 Å². The summed E-state index contributed by atoms with van der Waals surface area (Å²) in [5.41, 5.74) is 6.98. The molecular formula is C15H25N3O3. The summed E-state index contributed by atoms with van der Waals surface area (Å²) in [4.78, 5) is 12.8. The molecule has 0 saturated carbocycles. The summed E-state index contributed by atoms with van der Waals surface area (Å²) < 4.78 is 5.16. The molecule has 0 aliphatic heterocycles. The zero-order valence-electron chi connectivity index (χ0n) is 13.0. The van der Waals surface area contributed by atoms with E-state index < -0.39 is 4.92 Å². The van der Waals surface area contributed by atoms with Crippen molar-refractivity contribution in [3.05, 3.63) is 33.9 Å². The molecule has 0 spiro atoms. The van der Waals surface area contributed by atoms with Crippen LogP contribution in [0.5, 0.6) is 0 Å². The van der Waals surface area contributed by atoms with Gasteiger partial charge >= 0.3 is 0 Å². The Bertz CT molecular complexity index is 461. The zero-order valence-corrected chi connectivity index (χ0v) is 13.0. The molecule has 118 valence electrons. The van der Waals surface area contributed by atoms with Crippen molar-refractivity contribution < 1.29 is 9.66 Å².